The molecule has 0 aliphatic heterocycles. The standard InChI is InChI=1S/C16H13NO4S/c17-9-13-2-1-3-14(8-13)11-22(20,21)10-12-4-6-15(7-5-12)16(18)19/h1-8H,10-11H2,(H,18,19). The monoisotopic (exact) mass is 315 g/mol. The first-order valence-corrected chi connectivity index (χ1v) is 8.23. The molecule has 2 aromatic rings. The van der Waals surface area contributed by atoms with Crippen LogP contribution in [0.3, 0.4) is 0 Å². The van der Waals surface area contributed by atoms with Gasteiger partial charge in [0, 0.05) is 0 Å². The molecule has 2 rings (SSSR count). The van der Waals surface area contributed by atoms with Crippen LogP contribution < -0.4 is 0 Å². The fourth-order valence-corrected chi connectivity index (χ4v) is 3.52. The number of carboxylic acid groups (broad SMARTS) is 1. The van der Waals surface area contributed by atoms with Gasteiger partial charge in [-0.3, -0.25) is 0 Å². The average molecular weight is 315 g/mol. The smallest absolute Gasteiger partial charge is 0.335 e. The molecule has 0 aromatic heterocycles. The molecule has 112 valence electrons. The van der Waals surface area contributed by atoms with Crippen LogP contribution in [0.4, 0.5) is 0 Å². The van der Waals surface area contributed by atoms with Crippen LogP contribution in [-0.4, -0.2) is 19.5 Å². The van der Waals surface area contributed by atoms with Crippen molar-refractivity contribution in [1.82, 2.24) is 0 Å². The number of sulfone groups is 1. The summed E-state index contributed by atoms with van der Waals surface area (Å²) in [5.41, 5.74) is 1.61. The van der Waals surface area contributed by atoms with E-state index in [4.69, 9.17) is 10.4 Å². The molecule has 0 unspecified atom stereocenters. The maximum atomic E-state index is 12.2. The molecule has 22 heavy (non-hydrogen) atoms. The summed E-state index contributed by atoms with van der Waals surface area (Å²) in [6.07, 6.45) is 0. The van der Waals surface area contributed by atoms with Gasteiger partial charge in [0.15, 0.2) is 9.84 Å². The molecule has 0 bridgehead atoms. The predicted octanol–water partition coefficient (Wildman–Crippen LogP) is 2.37. The molecule has 0 radical (unpaired) electrons. The van der Waals surface area contributed by atoms with Gasteiger partial charge in [0.2, 0.25) is 0 Å². The van der Waals surface area contributed by atoms with Gasteiger partial charge in [-0.25, -0.2) is 13.2 Å². The maximum absolute atomic E-state index is 12.2. The molecule has 0 fully saturated rings. The van der Waals surface area contributed by atoms with Gasteiger partial charge in [0.1, 0.15) is 0 Å². The number of aromatic carboxylic acids is 1. The van der Waals surface area contributed by atoms with Crippen molar-refractivity contribution in [2.45, 2.75) is 11.5 Å². The lowest BCUT2D eigenvalue weighted by atomic mass is 10.1. The third-order valence-corrected chi connectivity index (χ3v) is 4.58. The summed E-state index contributed by atoms with van der Waals surface area (Å²) >= 11 is 0. The van der Waals surface area contributed by atoms with Crippen LogP contribution in [0.15, 0.2) is 48.5 Å². The minimum absolute atomic E-state index is 0.114. The molecule has 0 saturated carbocycles. The van der Waals surface area contributed by atoms with Gasteiger partial charge in [-0.05, 0) is 35.4 Å². The maximum Gasteiger partial charge on any atom is 0.335 e. The van der Waals surface area contributed by atoms with Crippen molar-refractivity contribution in [2.24, 2.45) is 0 Å². The summed E-state index contributed by atoms with van der Waals surface area (Å²) in [7, 11) is -3.40. The predicted molar refractivity (Wildman–Crippen MR) is 80.9 cm³/mol. The van der Waals surface area contributed by atoms with E-state index in [1.54, 1.807) is 24.3 Å². The van der Waals surface area contributed by atoms with Gasteiger partial charge < -0.3 is 5.11 Å². The lowest BCUT2D eigenvalue weighted by Crippen LogP contribution is -2.08. The Balaban J connectivity index is 2.13. The van der Waals surface area contributed by atoms with Crippen LogP contribution in [0.1, 0.15) is 27.0 Å². The highest BCUT2D eigenvalue weighted by molar-refractivity contribution is 7.89. The molecule has 2 aromatic carbocycles. The molecule has 5 nitrogen and oxygen atoms in total. The van der Waals surface area contributed by atoms with Gasteiger partial charge in [0.05, 0.1) is 28.7 Å². The van der Waals surface area contributed by atoms with Crippen LogP contribution in [-0.2, 0) is 21.3 Å². The first-order chi connectivity index (χ1) is 10.4. The largest absolute Gasteiger partial charge is 0.478 e. The van der Waals surface area contributed by atoms with E-state index >= 15 is 0 Å². The van der Waals surface area contributed by atoms with Crippen molar-refractivity contribution in [1.29, 1.82) is 5.26 Å². The topological polar surface area (TPSA) is 95.2 Å². The lowest BCUT2D eigenvalue weighted by Gasteiger charge is -2.06. The number of nitrogens with zero attached hydrogens (tertiary/aromatic N) is 1. The second-order valence-corrected chi connectivity index (χ2v) is 6.91. The zero-order chi connectivity index (χ0) is 16.2. The first kappa shape index (κ1) is 15.7. The number of rotatable bonds is 5. The summed E-state index contributed by atoms with van der Waals surface area (Å²) in [6, 6.07) is 14.2. The normalized spacial score (nSPS) is 10.9. The van der Waals surface area contributed by atoms with E-state index in [1.807, 2.05) is 6.07 Å². The van der Waals surface area contributed by atoms with E-state index in [-0.39, 0.29) is 17.1 Å². The second-order valence-electron chi connectivity index (χ2n) is 4.85. The summed E-state index contributed by atoms with van der Waals surface area (Å²) in [6.45, 7) is 0. The van der Waals surface area contributed by atoms with Crippen molar-refractivity contribution in [2.75, 3.05) is 0 Å². The van der Waals surface area contributed by atoms with Gasteiger partial charge in [-0.1, -0.05) is 24.3 Å². The molecular formula is C16H13NO4S. The number of carboxylic acids is 1. The Hall–Kier alpha value is -2.65. The minimum atomic E-state index is -3.40. The summed E-state index contributed by atoms with van der Waals surface area (Å²) in [5, 5.41) is 17.6. The molecular weight excluding hydrogens is 302 g/mol. The van der Waals surface area contributed by atoms with Crippen molar-refractivity contribution in [3.05, 3.63) is 70.8 Å². The highest BCUT2D eigenvalue weighted by Crippen LogP contribution is 2.14. The highest BCUT2D eigenvalue weighted by Gasteiger charge is 2.14. The number of hydrogen-bond donors (Lipinski definition) is 1. The highest BCUT2D eigenvalue weighted by atomic mass is 32.2. The van der Waals surface area contributed by atoms with Crippen LogP contribution >= 0.6 is 0 Å². The minimum Gasteiger partial charge on any atom is -0.478 e. The van der Waals surface area contributed by atoms with Gasteiger partial charge in [0.25, 0.3) is 0 Å². The fourth-order valence-electron chi connectivity index (χ4n) is 2.03. The van der Waals surface area contributed by atoms with E-state index in [9.17, 15) is 13.2 Å². The van der Waals surface area contributed by atoms with Crippen LogP contribution in [0.25, 0.3) is 0 Å². The van der Waals surface area contributed by atoms with E-state index in [0.29, 0.717) is 16.7 Å². The van der Waals surface area contributed by atoms with E-state index < -0.39 is 15.8 Å². The number of hydrogen-bond acceptors (Lipinski definition) is 4. The second kappa shape index (κ2) is 6.41. The van der Waals surface area contributed by atoms with E-state index in [0.717, 1.165) is 0 Å². The fraction of sp³-hybridized carbons (Fsp3) is 0.125. The molecule has 0 saturated heterocycles. The quantitative estimate of drug-likeness (QED) is 0.914. The molecule has 6 heteroatoms. The Morgan fingerprint density at radius 3 is 2.27 bits per heavy atom. The Kier molecular flexibility index (Phi) is 4.59. The molecule has 0 atom stereocenters. The molecule has 0 heterocycles. The van der Waals surface area contributed by atoms with Crippen LogP contribution in [0.2, 0.25) is 0 Å². The van der Waals surface area contributed by atoms with E-state index in [1.165, 1.54) is 24.3 Å². The third-order valence-electron chi connectivity index (χ3n) is 3.03. The lowest BCUT2D eigenvalue weighted by molar-refractivity contribution is 0.0697. The number of carbonyl (C=O) groups is 1. The number of benzene rings is 2. The summed E-state index contributed by atoms with van der Waals surface area (Å²) in [5.74, 6) is -1.39. The summed E-state index contributed by atoms with van der Waals surface area (Å²) in [4.78, 5) is 10.8. The summed E-state index contributed by atoms with van der Waals surface area (Å²) < 4.78 is 24.4. The van der Waals surface area contributed by atoms with Crippen molar-refractivity contribution in [3.8, 4) is 6.07 Å². The van der Waals surface area contributed by atoms with Gasteiger partial charge in [-0.2, -0.15) is 5.26 Å². The molecule has 1 N–H and O–H groups in total. The molecule has 0 amide bonds. The zero-order valence-electron chi connectivity index (χ0n) is 11.6. The van der Waals surface area contributed by atoms with Crippen LogP contribution in [0.5, 0.6) is 0 Å². The first-order valence-electron chi connectivity index (χ1n) is 6.41. The Bertz CT molecular complexity index is 833. The van der Waals surface area contributed by atoms with Crippen molar-refractivity contribution in [3.63, 3.8) is 0 Å². The van der Waals surface area contributed by atoms with E-state index in [2.05, 4.69) is 0 Å². The van der Waals surface area contributed by atoms with Gasteiger partial charge in [-0.15, -0.1) is 0 Å². The van der Waals surface area contributed by atoms with Crippen LogP contribution in [0, 0.1) is 11.3 Å². The number of nitriles is 1. The average Bonchev–Trinajstić information content (AvgIpc) is 2.47. The molecule has 0 spiro atoms. The molecule has 0 aliphatic rings. The third kappa shape index (κ3) is 4.17. The Morgan fingerprint density at radius 1 is 1.05 bits per heavy atom. The molecule has 0 aliphatic carbocycles. The zero-order valence-corrected chi connectivity index (χ0v) is 12.4. The van der Waals surface area contributed by atoms with Crippen molar-refractivity contribution < 1.29 is 18.3 Å². The Morgan fingerprint density at radius 2 is 1.68 bits per heavy atom. The SMILES string of the molecule is N#Cc1cccc(CS(=O)(=O)Cc2ccc(C(=O)O)cc2)c1. The van der Waals surface area contributed by atoms with Gasteiger partial charge >= 0.3 is 5.97 Å². The Labute approximate surface area is 128 Å². The van der Waals surface area contributed by atoms with Crippen molar-refractivity contribution >= 4 is 15.8 Å².